The van der Waals surface area contributed by atoms with Crippen molar-refractivity contribution in [1.82, 2.24) is 5.32 Å². The molecule has 0 aromatic heterocycles. The topological polar surface area (TPSA) is 105 Å². The maximum Gasteiger partial charge on any atom is 0.270 e. The van der Waals surface area contributed by atoms with E-state index in [1.165, 1.54) is 24.3 Å². The highest BCUT2D eigenvalue weighted by Crippen LogP contribution is 2.29. The number of hydrogen-bond donors (Lipinski definition) is 2. The summed E-state index contributed by atoms with van der Waals surface area (Å²) in [6.45, 7) is 0. The van der Waals surface area contributed by atoms with Crippen LogP contribution in [0.4, 0.5) is 11.4 Å². The van der Waals surface area contributed by atoms with Gasteiger partial charge in [-0.2, -0.15) is 0 Å². The van der Waals surface area contributed by atoms with Gasteiger partial charge in [-0.25, -0.2) is 4.99 Å². The molecule has 2 aromatic rings. The first-order valence-electron chi connectivity index (χ1n) is 6.84. The van der Waals surface area contributed by atoms with Gasteiger partial charge in [0, 0.05) is 12.1 Å². The van der Waals surface area contributed by atoms with Crippen LogP contribution in [0.25, 0.3) is 6.08 Å². The molecule has 0 radical (unpaired) electrons. The summed E-state index contributed by atoms with van der Waals surface area (Å²) in [5, 5.41) is 23.1. The number of phenols is 1. The van der Waals surface area contributed by atoms with Gasteiger partial charge >= 0.3 is 0 Å². The van der Waals surface area contributed by atoms with Crippen molar-refractivity contribution in [2.24, 2.45) is 4.99 Å². The van der Waals surface area contributed by atoms with E-state index in [1.807, 2.05) is 0 Å². The number of amidine groups is 1. The number of thioether (sulfide) groups is 1. The molecule has 0 bridgehead atoms. The molecular formula is C16H11N3O4S. The fraction of sp³-hybridized carbons (Fsp3) is 0. The number of aromatic hydroxyl groups is 1. The van der Waals surface area contributed by atoms with E-state index in [4.69, 9.17) is 0 Å². The monoisotopic (exact) mass is 341 g/mol. The lowest BCUT2D eigenvalue weighted by atomic mass is 10.2. The maximum absolute atomic E-state index is 12.0. The Morgan fingerprint density at radius 2 is 1.96 bits per heavy atom. The van der Waals surface area contributed by atoms with Crippen LogP contribution in [0.3, 0.4) is 0 Å². The van der Waals surface area contributed by atoms with Crippen molar-refractivity contribution in [2.75, 3.05) is 0 Å². The second-order valence-corrected chi connectivity index (χ2v) is 5.88. The standard InChI is InChI=1S/C16H11N3O4S/c20-13-6-4-11(5-7-13)17-16-18-15(21)14(24-16)9-10-2-1-3-12(8-10)19(22)23/h1-9,20H,(H,17,18,21)/b14-9+. The minimum atomic E-state index is -0.485. The van der Waals surface area contributed by atoms with Gasteiger partial charge in [-0.15, -0.1) is 0 Å². The lowest BCUT2D eigenvalue weighted by Crippen LogP contribution is -2.19. The van der Waals surface area contributed by atoms with Gasteiger partial charge < -0.3 is 10.4 Å². The zero-order chi connectivity index (χ0) is 17.1. The largest absolute Gasteiger partial charge is 0.508 e. The molecule has 3 rings (SSSR count). The summed E-state index contributed by atoms with van der Waals surface area (Å²) < 4.78 is 0. The number of carbonyl (C=O) groups excluding carboxylic acids is 1. The first kappa shape index (κ1) is 15.8. The third-order valence-electron chi connectivity index (χ3n) is 3.11. The minimum Gasteiger partial charge on any atom is -0.508 e. The molecule has 1 aliphatic heterocycles. The number of non-ortho nitro benzene ring substituents is 1. The lowest BCUT2D eigenvalue weighted by Gasteiger charge is -1.96. The molecule has 1 fully saturated rings. The van der Waals surface area contributed by atoms with Gasteiger partial charge in [0.1, 0.15) is 5.75 Å². The molecule has 2 aromatic carbocycles. The zero-order valence-corrected chi connectivity index (χ0v) is 13.0. The van der Waals surface area contributed by atoms with Crippen molar-refractivity contribution in [3.8, 4) is 5.75 Å². The number of nitrogens with one attached hydrogen (secondary N) is 1. The van der Waals surface area contributed by atoms with Crippen LogP contribution in [0, 0.1) is 10.1 Å². The van der Waals surface area contributed by atoms with Crippen LogP contribution in [0.2, 0.25) is 0 Å². The smallest absolute Gasteiger partial charge is 0.270 e. The first-order chi connectivity index (χ1) is 11.5. The summed E-state index contributed by atoms with van der Waals surface area (Å²) in [7, 11) is 0. The normalized spacial score (nSPS) is 17.2. The van der Waals surface area contributed by atoms with E-state index in [2.05, 4.69) is 10.3 Å². The molecule has 24 heavy (non-hydrogen) atoms. The molecular weight excluding hydrogens is 330 g/mol. The van der Waals surface area contributed by atoms with E-state index in [9.17, 15) is 20.0 Å². The molecule has 1 heterocycles. The van der Waals surface area contributed by atoms with E-state index in [0.29, 0.717) is 21.3 Å². The molecule has 8 heteroatoms. The van der Waals surface area contributed by atoms with Crippen LogP contribution in [0.15, 0.2) is 58.4 Å². The molecule has 0 atom stereocenters. The predicted octanol–water partition coefficient (Wildman–Crippen LogP) is 3.19. The molecule has 2 N–H and O–H groups in total. The molecule has 7 nitrogen and oxygen atoms in total. The van der Waals surface area contributed by atoms with Crippen LogP contribution >= 0.6 is 11.8 Å². The number of hydrogen-bond acceptors (Lipinski definition) is 6. The van der Waals surface area contributed by atoms with Crippen molar-refractivity contribution in [2.45, 2.75) is 0 Å². The molecule has 1 saturated heterocycles. The predicted molar refractivity (Wildman–Crippen MR) is 92.0 cm³/mol. The van der Waals surface area contributed by atoms with E-state index in [-0.39, 0.29) is 17.3 Å². The van der Waals surface area contributed by atoms with Gasteiger partial charge in [-0.3, -0.25) is 14.9 Å². The Kier molecular flexibility index (Phi) is 4.30. The second kappa shape index (κ2) is 6.55. The van der Waals surface area contributed by atoms with E-state index in [1.54, 1.807) is 30.3 Å². The molecule has 0 saturated carbocycles. The number of benzene rings is 2. The number of nitro groups is 1. The Balaban J connectivity index is 1.83. The highest BCUT2D eigenvalue weighted by atomic mass is 32.2. The highest BCUT2D eigenvalue weighted by molar-refractivity contribution is 8.18. The van der Waals surface area contributed by atoms with E-state index < -0.39 is 4.92 Å². The minimum absolute atomic E-state index is 0.0364. The first-order valence-corrected chi connectivity index (χ1v) is 7.66. The summed E-state index contributed by atoms with van der Waals surface area (Å²) in [4.78, 5) is 27.0. The third kappa shape index (κ3) is 3.61. The SMILES string of the molecule is O=C1NC(=Nc2ccc(O)cc2)S/C1=C/c1cccc([N+](=O)[O-])c1. The summed E-state index contributed by atoms with van der Waals surface area (Å²) in [5.41, 5.74) is 1.12. The fourth-order valence-corrected chi connectivity index (χ4v) is 2.85. The average Bonchev–Trinajstić information content (AvgIpc) is 2.89. The summed E-state index contributed by atoms with van der Waals surface area (Å²) in [5.74, 6) is -0.183. The van der Waals surface area contributed by atoms with Crippen molar-refractivity contribution >= 4 is 40.3 Å². The van der Waals surface area contributed by atoms with Crippen molar-refractivity contribution < 1.29 is 14.8 Å². The van der Waals surface area contributed by atoms with Gasteiger partial charge in [0.2, 0.25) is 0 Å². The van der Waals surface area contributed by atoms with Crippen LogP contribution in [-0.4, -0.2) is 21.1 Å². The van der Waals surface area contributed by atoms with Crippen LogP contribution < -0.4 is 5.32 Å². The molecule has 1 aliphatic rings. The van der Waals surface area contributed by atoms with Crippen molar-refractivity contribution in [3.05, 3.63) is 69.1 Å². The van der Waals surface area contributed by atoms with Crippen LogP contribution in [0.1, 0.15) is 5.56 Å². The Hall–Kier alpha value is -3.13. The van der Waals surface area contributed by atoms with E-state index >= 15 is 0 Å². The molecule has 120 valence electrons. The van der Waals surface area contributed by atoms with Gasteiger partial charge in [0.05, 0.1) is 15.5 Å². The van der Waals surface area contributed by atoms with Crippen molar-refractivity contribution in [1.29, 1.82) is 0 Å². The Bertz CT molecular complexity index is 875. The summed E-state index contributed by atoms with van der Waals surface area (Å²) in [6.07, 6.45) is 1.58. The van der Waals surface area contributed by atoms with Gasteiger partial charge in [0.25, 0.3) is 11.6 Å². The zero-order valence-electron chi connectivity index (χ0n) is 12.2. The number of carbonyl (C=O) groups is 1. The van der Waals surface area contributed by atoms with Gasteiger partial charge in [-0.1, -0.05) is 12.1 Å². The van der Waals surface area contributed by atoms with Crippen LogP contribution in [0.5, 0.6) is 5.75 Å². The van der Waals surface area contributed by atoms with Crippen molar-refractivity contribution in [3.63, 3.8) is 0 Å². The number of aliphatic imine (C=N–C) groups is 1. The lowest BCUT2D eigenvalue weighted by molar-refractivity contribution is -0.384. The number of rotatable bonds is 3. The third-order valence-corrected chi connectivity index (χ3v) is 4.02. The number of nitro benzene ring substituents is 1. The van der Waals surface area contributed by atoms with Crippen LogP contribution in [-0.2, 0) is 4.79 Å². The molecule has 0 unspecified atom stereocenters. The second-order valence-electron chi connectivity index (χ2n) is 4.85. The quantitative estimate of drug-likeness (QED) is 0.507. The Labute approximate surface area is 140 Å². The molecule has 1 amide bonds. The number of amides is 1. The van der Waals surface area contributed by atoms with E-state index in [0.717, 1.165) is 11.8 Å². The van der Waals surface area contributed by atoms with Gasteiger partial charge in [-0.05, 0) is 47.7 Å². The Morgan fingerprint density at radius 3 is 2.67 bits per heavy atom. The Morgan fingerprint density at radius 1 is 1.21 bits per heavy atom. The molecule has 0 aliphatic carbocycles. The highest BCUT2D eigenvalue weighted by Gasteiger charge is 2.24. The summed E-state index contributed by atoms with van der Waals surface area (Å²) >= 11 is 1.14. The number of phenolic OH excluding ortho intramolecular Hbond substituents is 1. The fourth-order valence-electron chi connectivity index (χ4n) is 2.00. The maximum atomic E-state index is 12.0. The molecule has 0 spiro atoms. The van der Waals surface area contributed by atoms with Gasteiger partial charge in [0.15, 0.2) is 5.17 Å². The summed E-state index contributed by atoms with van der Waals surface area (Å²) in [6, 6.07) is 12.3. The average molecular weight is 341 g/mol. The number of nitrogens with zero attached hydrogens (tertiary/aromatic N) is 2.